The Morgan fingerprint density at radius 2 is 2.11 bits per heavy atom. The van der Waals surface area contributed by atoms with Gasteiger partial charge in [0.2, 0.25) is 0 Å². The Bertz CT molecular complexity index is 516. The highest BCUT2D eigenvalue weighted by Crippen LogP contribution is 2.23. The Balaban J connectivity index is 1.71. The summed E-state index contributed by atoms with van der Waals surface area (Å²) in [6, 6.07) is 11.4. The van der Waals surface area contributed by atoms with Gasteiger partial charge in [-0.15, -0.1) is 5.10 Å². The Morgan fingerprint density at radius 1 is 1.32 bits per heavy atom. The Labute approximate surface area is 113 Å². The van der Waals surface area contributed by atoms with E-state index in [2.05, 4.69) is 46.0 Å². The van der Waals surface area contributed by atoms with Gasteiger partial charge in [0.1, 0.15) is 0 Å². The van der Waals surface area contributed by atoms with Crippen LogP contribution >= 0.6 is 0 Å². The predicted octanol–water partition coefficient (Wildman–Crippen LogP) is 1.89. The molecule has 0 amide bonds. The monoisotopic (exact) mass is 256 g/mol. The zero-order valence-corrected chi connectivity index (χ0v) is 11.3. The number of nitrogens with zero attached hydrogens (tertiary/aromatic N) is 3. The second kappa shape index (κ2) is 5.53. The smallest absolute Gasteiger partial charge is 0.0833 e. The molecule has 0 bridgehead atoms. The number of aryl methyl sites for hydroxylation is 1. The van der Waals surface area contributed by atoms with Crippen molar-refractivity contribution in [1.82, 2.24) is 20.3 Å². The molecule has 1 aliphatic carbocycles. The lowest BCUT2D eigenvalue weighted by Crippen LogP contribution is -2.24. The summed E-state index contributed by atoms with van der Waals surface area (Å²) in [5.41, 5.74) is 2.44. The van der Waals surface area contributed by atoms with Gasteiger partial charge < -0.3 is 5.32 Å². The summed E-state index contributed by atoms with van der Waals surface area (Å²) in [4.78, 5) is 0. The maximum absolute atomic E-state index is 4.21. The molecule has 100 valence electrons. The van der Waals surface area contributed by atoms with E-state index in [4.69, 9.17) is 0 Å². The lowest BCUT2D eigenvalue weighted by atomic mass is 9.94. The van der Waals surface area contributed by atoms with Crippen molar-refractivity contribution >= 4 is 0 Å². The number of hydrogen-bond donors (Lipinski definition) is 1. The van der Waals surface area contributed by atoms with Crippen molar-refractivity contribution in [3.63, 3.8) is 0 Å². The molecular formula is C15H20N4. The molecule has 2 aromatic rings. The molecule has 1 aromatic heterocycles. The second-order valence-corrected chi connectivity index (χ2v) is 5.38. The van der Waals surface area contributed by atoms with Crippen molar-refractivity contribution in [2.45, 2.75) is 31.2 Å². The van der Waals surface area contributed by atoms with Crippen LogP contribution in [0.25, 0.3) is 0 Å². The van der Waals surface area contributed by atoms with E-state index in [0.29, 0.717) is 5.92 Å². The van der Waals surface area contributed by atoms with Crippen molar-refractivity contribution in [3.8, 4) is 0 Å². The number of hydrogen-bond acceptors (Lipinski definition) is 3. The zero-order valence-electron chi connectivity index (χ0n) is 11.3. The maximum atomic E-state index is 4.21. The highest BCUT2D eigenvalue weighted by molar-refractivity contribution is 5.21. The highest BCUT2D eigenvalue weighted by atomic mass is 15.4. The predicted molar refractivity (Wildman–Crippen MR) is 74.9 cm³/mol. The second-order valence-electron chi connectivity index (χ2n) is 5.38. The van der Waals surface area contributed by atoms with E-state index < -0.39 is 0 Å². The minimum Gasteiger partial charge on any atom is -0.313 e. The third kappa shape index (κ3) is 3.41. The first-order valence-electron chi connectivity index (χ1n) is 6.95. The molecular weight excluding hydrogens is 236 g/mol. The quantitative estimate of drug-likeness (QED) is 0.858. The van der Waals surface area contributed by atoms with E-state index >= 15 is 0 Å². The molecule has 1 fully saturated rings. The summed E-state index contributed by atoms with van der Waals surface area (Å²) in [5.74, 6) is 0.471. The molecule has 1 aliphatic rings. The summed E-state index contributed by atoms with van der Waals surface area (Å²) in [7, 11) is 1.91. The van der Waals surface area contributed by atoms with Crippen LogP contribution in [0.2, 0.25) is 0 Å². The Hall–Kier alpha value is -1.68. The first-order chi connectivity index (χ1) is 9.31. The first-order valence-corrected chi connectivity index (χ1v) is 6.95. The molecule has 1 heterocycles. The third-order valence-corrected chi connectivity index (χ3v) is 3.61. The van der Waals surface area contributed by atoms with Gasteiger partial charge >= 0.3 is 0 Å². The van der Waals surface area contributed by atoms with Gasteiger partial charge in [0, 0.05) is 38.2 Å². The van der Waals surface area contributed by atoms with E-state index in [0.717, 1.165) is 24.7 Å². The molecule has 3 rings (SSSR count). The summed E-state index contributed by atoms with van der Waals surface area (Å²) in [6.07, 6.45) is 5.60. The lowest BCUT2D eigenvalue weighted by Gasteiger charge is -2.16. The number of rotatable bonds is 6. The number of nitrogens with one attached hydrogen (secondary N) is 1. The number of benzene rings is 1. The fraction of sp³-hybridized carbons (Fsp3) is 0.467. The zero-order chi connectivity index (χ0) is 13.1. The SMILES string of the molecule is Cn1cc(CC(CNC2CC2)c2ccccc2)nn1. The molecule has 1 unspecified atom stereocenters. The van der Waals surface area contributed by atoms with Crippen LogP contribution < -0.4 is 5.32 Å². The molecule has 1 N–H and O–H groups in total. The summed E-state index contributed by atoms with van der Waals surface area (Å²) in [5, 5.41) is 11.9. The molecule has 0 radical (unpaired) electrons. The van der Waals surface area contributed by atoms with Gasteiger partial charge in [0.15, 0.2) is 0 Å². The Kier molecular flexibility index (Phi) is 3.60. The van der Waals surface area contributed by atoms with E-state index in [1.54, 1.807) is 4.68 Å². The maximum Gasteiger partial charge on any atom is 0.0833 e. The summed E-state index contributed by atoms with van der Waals surface area (Å²) >= 11 is 0. The van der Waals surface area contributed by atoms with Crippen LogP contribution in [-0.4, -0.2) is 27.6 Å². The van der Waals surface area contributed by atoms with Crippen molar-refractivity contribution in [2.75, 3.05) is 6.54 Å². The highest BCUT2D eigenvalue weighted by Gasteiger charge is 2.23. The van der Waals surface area contributed by atoms with Crippen LogP contribution in [0.5, 0.6) is 0 Å². The van der Waals surface area contributed by atoms with Gasteiger partial charge in [-0.2, -0.15) is 0 Å². The standard InChI is InChI=1S/C15H20N4/c1-19-11-15(17-18-19)9-13(10-16-14-7-8-14)12-5-3-2-4-6-12/h2-6,11,13-14,16H,7-10H2,1H3. The van der Waals surface area contributed by atoms with E-state index in [1.165, 1.54) is 18.4 Å². The van der Waals surface area contributed by atoms with E-state index in [9.17, 15) is 0 Å². The average molecular weight is 256 g/mol. The summed E-state index contributed by atoms with van der Waals surface area (Å²) < 4.78 is 1.77. The van der Waals surface area contributed by atoms with Gasteiger partial charge in [-0.3, -0.25) is 4.68 Å². The van der Waals surface area contributed by atoms with Crippen molar-refractivity contribution in [1.29, 1.82) is 0 Å². The largest absolute Gasteiger partial charge is 0.313 e. The van der Waals surface area contributed by atoms with Crippen LogP contribution in [0.4, 0.5) is 0 Å². The fourth-order valence-corrected chi connectivity index (χ4v) is 2.37. The fourth-order valence-electron chi connectivity index (χ4n) is 2.37. The molecule has 4 nitrogen and oxygen atoms in total. The molecule has 0 spiro atoms. The lowest BCUT2D eigenvalue weighted by molar-refractivity contribution is 0.572. The molecule has 1 atom stereocenters. The van der Waals surface area contributed by atoms with Crippen LogP contribution in [-0.2, 0) is 13.5 Å². The van der Waals surface area contributed by atoms with E-state index in [1.807, 2.05) is 13.2 Å². The topological polar surface area (TPSA) is 42.7 Å². The van der Waals surface area contributed by atoms with Gasteiger partial charge in [-0.05, 0) is 18.4 Å². The third-order valence-electron chi connectivity index (χ3n) is 3.61. The number of aromatic nitrogens is 3. The van der Waals surface area contributed by atoms with Crippen LogP contribution in [0.3, 0.4) is 0 Å². The van der Waals surface area contributed by atoms with Gasteiger partial charge in [0.05, 0.1) is 5.69 Å². The van der Waals surface area contributed by atoms with Gasteiger partial charge in [-0.1, -0.05) is 35.5 Å². The molecule has 0 aliphatic heterocycles. The molecule has 19 heavy (non-hydrogen) atoms. The van der Waals surface area contributed by atoms with Crippen molar-refractivity contribution in [3.05, 3.63) is 47.8 Å². The molecule has 4 heteroatoms. The molecule has 1 saturated carbocycles. The van der Waals surface area contributed by atoms with Crippen molar-refractivity contribution < 1.29 is 0 Å². The van der Waals surface area contributed by atoms with Crippen LogP contribution in [0, 0.1) is 0 Å². The van der Waals surface area contributed by atoms with Crippen molar-refractivity contribution in [2.24, 2.45) is 7.05 Å². The normalized spacial score (nSPS) is 16.5. The van der Waals surface area contributed by atoms with Crippen LogP contribution in [0.15, 0.2) is 36.5 Å². The van der Waals surface area contributed by atoms with E-state index in [-0.39, 0.29) is 0 Å². The van der Waals surface area contributed by atoms with Gasteiger partial charge in [0.25, 0.3) is 0 Å². The molecule has 0 saturated heterocycles. The Morgan fingerprint density at radius 3 is 2.74 bits per heavy atom. The molecule has 1 aromatic carbocycles. The van der Waals surface area contributed by atoms with Gasteiger partial charge in [-0.25, -0.2) is 0 Å². The van der Waals surface area contributed by atoms with Crippen LogP contribution in [0.1, 0.15) is 30.0 Å². The minimum absolute atomic E-state index is 0.471. The average Bonchev–Trinajstić information content (AvgIpc) is 3.18. The first kappa shape index (κ1) is 12.4. The minimum atomic E-state index is 0.471. The summed E-state index contributed by atoms with van der Waals surface area (Å²) in [6.45, 7) is 1.02.